The number of carbonyl (C=O) groups is 1. The first-order valence-corrected chi connectivity index (χ1v) is 6.17. The molecule has 0 saturated carbocycles. The topological polar surface area (TPSA) is 55.1 Å². The molecule has 4 heteroatoms. The Balaban J connectivity index is 2.83. The molecule has 0 fully saturated rings. The zero-order chi connectivity index (χ0) is 14.3. The second-order valence-corrected chi connectivity index (χ2v) is 4.99. The van der Waals surface area contributed by atoms with Gasteiger partial charge in [-0.05, 0) is 38.8 Å². The zero-order valence-electron chi connectivity index (χ0n) is 11.9. The Morgan fingerprint density at radius 2 is 1.68 bits per heavy atom. The van der Waals surface area contributed by atoms with E-state index in [9.17, 15) is 9.90 Å². The minimum Gasteiger partial charge on any atom is -0.476 e. The van der Waals surface area contributed by atoms with Gasteiger partial charge in [-0.2, -0.15) is 0 Å². The van der Waals surface area contributed by atoms with Crippen LogP contribution >= 0.6 is 0 Å². The Morgan fingerprint density at radius 1 is 1.16 bits per heavy atom. The first kappa shape index (κ1) is 13.3. The smallest absolute Gasteiger partial charge is 0.356 e. The lowest BCUT2D eigenvalue weighted by Gasteiger charge is -2.13. The lowest BCUT2D eigenvalue weighted by Crippen LogP contribution is -2.04. The van der Waals surface area contributed by atoms with Crippen LogP contribution in [0.25, 0.3) is 11.3 Å². The molecule has 2 aromatic rings. The molecule has 0 bridgehead atoms. The van der Waals surface area contributed by atoms with Crippen LogP contribution in [-0.4, -0.2) is 20.6 Å². The highest BCUT2D eigenvalue weighted by atomic mass is 16.4. The number of aromatic carboxylic acids is 1. The molecule has 0 aliphatic carbocycles. The van der Waals surface area contributed by atoms with E-state index in [4.69, 9.17) is 0 Å². The van der Waals surface area contributed by atoms with Crippen molar-refractivity contribution in [3.8, 4) is 11.3 Å². The predicted molar refractivity (Wildman–Crippen MR) is 74.6 cm³/mol. The van der Waals surface area contributed by atoms with Crippen LogP contribution < -0.4 is 0 Å². The van der Waals surface area contributed by atoms with Gasteiger partial charge in [0.25, 0.3) is 0 Å². The lowest BCUT2D eigenvalue weighted by molar-refractivity contribution is 0.0692. The van der Waals surface area contributed by atoms with Gasteiger partial charge < -0.3 is 9.67 Å². The summed E-state index contributed by atoms with van der Waals surface area (Å²) < 4.78 is 1.84. The van der Waals surface area contributed by atoms with Crippen LogP contribution in [0.15, 0.2) is 12.1 Å². The average Bonchev–Trinajstić information content (AvgIpc) is 2.56. The van der Waals surface area contributed by atoms with Crippen molar-refractivity contribution in [1.29, 1.82) is 0 Å². The molecule has 0 saturated heterocycles. The molecule has 0 aliphatic rings. The van der Waals surface area contributed by atoms with Gasteiger partial charge in [-0.3, -0.25) is 0 Å². The number of benzene rings is 1. The molecule has 1 N–H and O–H groups in total. The Bertz CT molecular complexity index is 646. The molecule has 1 heterocycles. The molecule has 1 aromatic carbocycles. The van der Waals surface area contributed by atoms with Crippen molar-refractivity contribution in [3.63, 3.8) is 0 Å². The Morgan fingerprint density at radius 3 is 2.16 bits per heavy atom. The number of rotatable bonds is 2. The SMILES string of the molecule is Cc1cc(C)c(-c2c(C(=O)O)nc(C)n2C)c(C)c1. The summed E-state index contributed by atoms with van der Waals surface area (Å²) in [7, 11) is 1.85. The minimum atomic E-state index is -0.988. The van der Waals surface area contributed by atoms with Crippen molar-refractivity contribution in [2.45, 2.75) is 27.7 Å². The molecule has 0 amide bonds. The first-order chi connectivity index (χ1) is 8.82. The second kappa shape index (κ2) is 4.53. The molecule has 19 heavy (non-hydrogen) atoms. The van der Waals surface area contributed by atoms with Gasteiger partial charge in [0, 0.05) is 12.6 Å². The third-order valence-corrected chi connectivity index (χ3v) is 3.44. The van der Waals surface area contributed by atoms with Crippen molar-refractivity contribution in [2.24, 2.45) is 7.05 Å². The van der Waals surface area contributed by atoms with Crippen molar-refractivity contribution < 1.29 is 9.90 Å². The minimum absolute atomic E-state index is 0.120. The van der Waals surface area contributed by atoms with Crippen LogP contribution in [0.4, 0.5) is 0 Å². The van der Waals surface area contributed by atoms with Gasteiger partial charge >= 0.3 is 5.97 Å². The van der Waals surface area contributed by atoms with Gasteiger partial charge in [0.1, 0.15) is 5.82 Å². The van der Waals surface area contributed by atoms with E-state index in [-0.39, 0.29) is 5.69 Å². The molecular formula is C15H18N2O2. The highest BCUT2D eigenvalue weighted by molar-refractivity contribution is 5.94. The van der Waals surface area contributed by atoms with Crippen LogP contribution in [0.1, 0.15) is 33.0 Å². The molecule has 0 spiro atoms. The van der Waals surface area contributed by atoms with E-state index < -0.39 is 5.97 Å². The number of aryl methyl sites for hydroxylation is 4. The van der Waals surface area contributed by atoms with Gasteiger partial charge in [0.05, 0.1) is 5.69 Å². The fourth-order valence-corrected chi connectivity index (χ4v) is 2.60. The number of aromatic nitrogens is 2. The fourth-order valence-electron chi connectivity index (χ4n) is 2.60. The maximum absolute atomic E-state index is 11.4. The molecular weight excluding hydrogens is 240 g/mol. The molecule has 0 unspecified atom stereocenters. The van der Waals surface area contributed by atoms with Crippen molar-refractivity contribution in [3.05, 3.63) is 40.3 Å². The predicted octanol–water partition coefficient (Wildman–Crippen LogP) is 3.02. The number of imidazole rings is 1. The van der Waals surface area contributed by atoms with Crippen LogP contribution in [0.5, 0.6) is 0 Å². The summed E-state index contributed by atoms with van der Waals surface area (Å²) in [6.07, 6.45) is 0. The van der Waals surface area contributed by atoms with Crippen LogP contribution in [-0.2, 0) is 7.05 Å². The van der Waals surface area contributed by atoms with E-state index in [1.54, 1.807) is 0 Å². The quantitative estimate of drug-likeness (QED) is 0.900. The molecule has 1 aromatic heterocycles. The number of hydrogen-bond donors (Lipinski definition) is 1. The molecule has 0 radical (unpaired) electrons. The zero-order valence-corrected chi connectivity index (χ0v) is 11.9. The van der Waals surface area contributed by atoms with Gasteiger partial charge in [-0.25, -0.2) is 9.78 Å². The maximum atomic E-state index is 11.4. The van der Waals surface area contributed by atoms with Crippen LogP contribution in [0, 0.1) is 27.7 Å². The summed E-state index contributed by atoms with van der Waals surface area (Å²) in [5.41, 5.74) is 5.08. The van der Waals surface area contributed by atoms with Gasteiger partial charge in [0.15, 0.2) is 5.69 Å². The van der Waals surface area contributed by atoms with Gasteiger partial charge in [-0.1, -0.05) is 17.7 Å². The van der Waals surface area contributed by atoms with E-state index in [0.717, 1.165) is 16.7 Å². The number of hydrogen-bond acceptors (Lipinski definition) is 2. The number of carboxylic acids is 1. The van der Waals surface area contributed by atoms with Gasteiger partial charge in [-0.15, -0.1) is 0 Å². The van der Waals surface area contributed by atoms with Crippen LogP contribution in [0.3, 0.4) is 0 Å². The lowest BCUT2D eigenvalue weighted by atomic mass is 9.96. The largest absolute Gasteiger partial charge is 0.476 e. The monoisotopic (exact) mass is 258 g/mol. The van der Waals surface area contributed by atoms with Crippen molar-refractivity contribution in [2.75, 3.05) is 0 Å². The standard InChI is InChI=1S/C15H18N2O2/c1-8-6-9(2)12(10(3)7-8)14-13(15(18)19)16-11(4)17(14)5/h6-7H,1-5H3,(H,18,19). The van der Waals surface area contributed by atoms with E-state index in [1.165, 1.54) is 5.56 Å². The average molecular weight is 258 g/mol. The molecule has 2 rings (SSSR count). The van der Waals surface area contributed by atoms with E-state index >= 15 is 0 Å². The second-order valence-electron chi connectivity index (χ2n) is 4.99. The number of carboxylic acid groups (broad SMARTS) is 1. The summed E-state index contributed by atoms with van der Waals surface area (Å²) in [6, 6.07) is 4.13. The highest BCUT2D eigenvalue weighted by Gasteiger charge is 2.22. The fraction of sp³-hybridized carbons (Fsp3) is 0.333. The highest BCUT2D eigenvalue weighted by Crippen LogP contribution is 2.31. The van der Waals surface area contributed by atoms with Crippen molar-refractivity contribution in [1.82, 2.24) is 9.55 Å². The summed E-state index contributed by atoms with van der Waals surface area (Å²) in [4.78, 5) is 15.5. The van der Waals surface area contributed by atoms with E-state index in [0.29, 0.717) is 11.5 Å². The number of nitrogens with zero attached hydrogens (tertiary/aromatic N) is 2. The van der Waals surface area contributed by atoms with Crippen LogP contribution in [0.2, 0.25) is 0 Å². The molecule has 100 valence electrons. The molecule has 4 nitrogen and oxygen atoms in total. The molecule has 0 atom stereocenters. The van der Waals surface area contributed by atoms with E-state index in [2.05, 4.69) is 17.1 Å². The molecule has 0 aliphatic heterocycles. The Kier molecular flexibility index (Phi) is 3.18. The summed E-state index contributed by atoms with van der Waals surface area (Å²) >= 11 is 0. The normalized spacial score (nSPS) is 10.8. The Hall–Kier alpha value is -2.10. The van der Waals surface area contributed by atoms with Crippen molar-refractivity contribution >= 4 is 5.97 Å². The third kappa shape index (κ3) is 2.14. The van der Waals surface area contributed by atoms with Gasteiger partial charge in [0.2, 0.25) is 0 Å². The summed E-state index contributed by atoms with van der Waals surface area (Å²) in [6.45, 7) is 7.86. The summed E-state index contributed by atoms with van der Waals surface area (Å²) in [5, 5.41) is 9.33. The maximum Gasteiger partial charge on any atom is 0.356 e. The third-order valence-electron chi connectivity index (χ3n) is 3.44. The van der Waals surface area contributed by atoms with E-state index in [1.807, 2.05) is 39.3 Å². The summed E-state index contributed by atoms with van der Waals surface area (Å²) in [5.74, 6) is -0.287. The Labute approximate surface area is 112 Å². The first-order valence-electron chi connectivity index (χ1n) is 6.17.